The summed E-state index contributed by atoms with van der Waals surface area (Å²) in [4.78, 5) is 0. The maximum Gasteiger partial charge on any atom is 0.0786 e. The van der Waals surface area contributed by atoms with Crippen LogP contribution in [0.15, 0.2) is 11.6 Å². The molecule has 0 aromatic heterocycles. The molecule has 1 fully saturated rings. The lowest BCUT2D eigenvalue weighted by Gasteiger charge is -2.26. The van der Waals surface area contributed by atoms with E-state index < -0.39 is 0 Å². The molecule has 0 amide bonds. The number of aliphatic hydroxyl groups excluding tert-OH is 1. The molecule has 1 N–H and O–H groups in total. The molecule has 1 nitrogen and oxygen atoms in total. The van der Waals surface area contributed by atoms with E-state index in [4.69, 9.17) is 0 Å². The SMILES string of the molecule is CC1(C)C=C1C(O)C1CCCCC1. The van der Waals surface area contributed by atoms with Crippen LogP contribution in [-0.2, 0) is 0 Å². The van der Waals surface area contributed by atoms with Crippen LogP contribution in [0.1, 0.15) is 46.0 Å². The van der Waals surface area contributed by atoms with E-state index in [1.807, 2.05) is 0 Å². The molecule has 1 heteroatoms. The van der Waals surface area contributed by atoms with Crippen LogP contribution in [0.3, 0.4) is 0 Å². The van der Waals surface area contributed by atoms with Crippen molar-refractivity contribution in [1.82, 2.24) is 0 Å². The summed E-state index contributed by atoms with van der Waals surface area (Å²) in [5, 5.41) is 10.1. The Morgan fingerprint density at radius 1 is 1.31 bits per heavy atom. The Labute approximate surface area is 80.8 Å². The highest BCUT2D eigenvalue weighted by atomic mass is 16.3. The first-order valence-corrected chi connectivity index (χ1v) is 5.52. The van der Waals surface area contributed by atoms with E-state index in [1.165, 1.54) is 37.7 Å². The number of hydrogen-bond acceptors (Lipinski definition) is 1. The third kappa shape index (κ3) is 1.80. The number of allylic oxidation sites excluding steroid dienone is 1. The van der Waals surface area contributed by atoms with Gasteiger partial charge in [0.2, 0.25) is 0 Å². The minimum absolute atomic E-state index is 0.129. The predicted molar refractivity (Wildman–Crippen MR) is 54.4 cm³/mol. The van der Waals surface area contributed by atoms with Crippen molar-refractivity contribution in [3.05, 3.63) is 11.6 Å². The van der Waals surface area contributed by atoms with Crippen molar-refractivity contribution in [2.24, 2.45) is 11.3 Å². The Hall–Kier alpha value is -0.300. The van der Waals surface area contributed by atoms with Gasteiger partial charge in [-0.15, -0.1) is 0 Å². The van der Waals surface area contributed by atoms with E-state index in [0.717, 1.165) is 0 Å². The second kappa shape index (κ2) is 3.13. The molecule has 0 heterocycles. The summed E-state index contributed by atoms with van der Waals surface area (Å²) in [6, 6.07) is 0. The molecule has 0 bridgehead atoms. The van der Waals surface area contributed by atoms with Gasteiger partial charge in [-0.25, -0.2) is 0 Å². The Balaban J connectivity index is 1.90. The fourth-order valence-electron chi connectivity index (χ4n) is 2.52. The Kier molecular flexibility index (Phi) is 2.23. The van der Waals surface area contributed by atoms with Gasteiger partial charge < -0.3 is 5.11 Å². The van der Waals surface area contributed by atoms with Crippen molar-refractivity contribution in [2.45, 2.75) is 52.1 Å². The molecule has 2 aliphatic rings. The largest absolute Gasteiger partial charge is 0.388 e. The van der Waals surface area contributed by atoms with E-state index in [0.29, 0.717) is 5.92 Å². The average molecular weight is 180 g/mol. The molecule has 0 radical (unpaired) electrons. The van der Waals surface area contributed by atoms with Gasteiger partial charge in [-0.3, -0.25) is 0 Å². The van der Waals surface area contributed by atoms with E-state index in [9.17, 15) is 5.11 Å². The fourth-order valence-corrected chi connectivity index (χ4v) is 2.52. The Morgan fingerprint density at radius 2 is 1.85 bits per heavy atom. The highest BCUT2D eigenvalue weighted by Gasteiger charge is 2.41. The summed E-state index contributed by atoms with van der Waals surface area (Å²) in [6.45, 7) is 4.38. The summed E-state index contributed by atoms with van der Waals surface area (Å²) in [6.07, 6.45) is 8.54. The molecule has 2 aliphatic carbocycles. The number of hydrogen-bond donors (Lipinski definition) is 1. The van der Waals surface area contributed by atoms with E-state index >= 15 is 0 Å². The van der Waals surface area contributed by atoms with Crippen molar-refractivity contribution in [2.75, 3.05) is 0 Å². The van der Waals surface area contributed by atoms with Gasteiger partial charge in [0.1, 0.15) is 0 Å². The van der Waals surface area contributed by atoms with Gasteiger partial charge in [0.25, 0.3) is 0 Å². The quantitative estimate of drug-likeness (QED) is 0.648. The Morgan fingerprint density at radius 3 is 2.31 bits per heavy atom. The van der Waals surface area contributed by atoms with Crippen molar-refractivity contribution in [3.63, 3.8) is 0 Å². The molecule has 0 aromatic rings. The topological polar surface area (TPSA) is 20.2 Å². The van der Waals surface area contributed by atoms with E-state index in [2.05, 4.69) is 19.9 Å². The first-order chi connectivity index (χ1) is 6.11. The number of rotatable bonds is 2. The molecule has 0 aliphatic heterocycles. The molecule has 13 heavy (non-hydrogen) atoms. The molecule has 1 atom stereocenters. The van der Waals surface area contributed by atoms with Crippen LogP contribution < -0.4 is 0 Å². The molecular weight excluding hydrogens is 160 g/mol. The average Bonchev–Trinajstić information content (AvgIpc) is 2.76. The van der Waals surface area contributed by atoms with Crippen LogP contribution in [0.5, 0.6) is 0 Å². The summed E-state index contributed by atoms with van der Waals surface area (Å²) in [5.41, 5.74) is 1.52. The summed E-state index contributed by atoms with van der Waals surface area (Å²) in [7, 11) is 0. The minimum Gasteiger partial charge on any atom is -0.388 e. The summed E-state index contributed by atoms with van der Waals surface area (Å²) >= 11 is 0. The van der Waals surface area contributed by atoms with Crippen LogP contribution in [-0.4, -0.2) is 11.2 Å². The van der Waals surface area contributed by atoms with E-state index in [1.54, 1.807) is 0 Å². The summed E-state index contributed by atoms with van der Waals surface area (Å²) < 4.78 is 0. The van der Waals surface area contributed by atoms with E-state index in [-0.39, 0.29) is 11.5 Å². The molecule has 74 valence electrons. The van der Waals surface area contributed by atoms with Gasteiger partial charge in [-0.2, -0.15) is 0 Å². The second-order valence-electron chi connectivity index (χ2n) is 5.16. The standard InChI is InChI=1S/C12H20O/c1-12(2)8-10(12)11(13)9-6-4-3-5-7-9/h8-9,11,13H,3-7H2,1-2H3. The van der Waals surface area contributed by atoms with Gasteiger partial charge in [-0.1, -0.05) is 39.2 Å². The third-order valence-corrected chi connectivity index (χ3v) is 3.59. The molecule has 0 spiro atoms. The predicted octanol–water partition coefficient (Wildman–Crippen LogP) is 2.89. The zero-order valence-corrected chi connectivity index (χ0v) is 8.71. The van der Waals surface area contributed by atoms with Gasteiger partial charge in [0, 0.05) is 5.41 Å². The van der Waals surface area contributed by atoms with Crippen LogP contribution >= 0.6 is 0 Å². The van der Waals surface area contributed by atoms with Crippen LogP contribution in [0.25, 0.3) is 0 Å². The van der Waals surface area contributed by atoms with Crippen molar-refractivity contribution in [1.29, 1.82) is 0 Å². The molecule has 0 aromatic carbocycles. The Bertz CT molecular complexity index is 221. The van der Waals surface area contributed by atoms with Gasteiger partial charge in [0.15, 0.2) is 0 Å². The van der Waals surface area contributed by atoms with Gasteiger partial charge in [0.05, 0.1) is 6.10 Å². The van der Waals surface area contributed by atoms with Crippen molar-refractivity contribution in [3.8, 4) is 0 Å². The second-order valence-corrected chi connectivity index (χ2v) is 5.16. The smallest absolute Gasteiger partial charge is 0.0786 e. The minimum atomic E-state index is -0.129. The first kappa shape index (κ1) is 9.26. The lowest BCUT2D eigenvalue weighted by atomic mass is 9.82. The normalized spacial score (nSPS) is 29.6. The third-order valence-electron chi connectivity index (χ3n) is 3.59. The van der Waals surface area contributed by atoms with Gasteiger partial charge in [-0.05, 0) is 24.3 Å². The monoisotopic (exact) mass is 180 g/mol. The molecule has 1 saturated carbocycles. The summed E-state index contributed by atoms with van der Waals surface area (Å²) in [5.74, 6) is 0.557. The lowest BCUT2D eigenvalue weighted by Crippen LogP contribution is -2.24. The van der Waals surface area contributed by atoms with Crippen LogP contribution in [0.2, 0.25) is 0 Å². The molecule has 0 saturated heterocycles. The zero-order valence-electron chi connectivity index (χ0n) is 8.71. The van der Waals surface area contributed by atoms with Crippen molar-refractivity contribution >= 4 is 0 Å². The maximum absolute atomic E-state index is 10.1. The molecule has 2 rings (SSSR count). The van der Waals surface area contributed by atoms with Crippen LogP contribution in [0, 0.1) is 11.3 Å². The molecule has 1 unspecified atom stereocenters. The fraction of sp³-hybridized carbons (Fsp3) is 0.833. The van der Waals surface area contributed by atoms with Crippen molar-refractivity contribution < 1.29 is 5.11 Å². The van der Waals surface area contributed by atoms with Gasteiger partial charge >= 0.3 is 0 Å². The first-order valence-electron chi connectivity index (χ1n) is 5.52. The highest BCUT2D eigenvalue weighted by Crippen LogP contribution is 2.48. The number of aliphatic hydroxyl groups is 1. The lowest BCUT2D eigenvalue weighted by molar-refractivity contribution is 0.112. The highest BCUT2D eigenvalue weighted by molar-refractivity contribution is 5.39. The maximum atomic E-state index is 10.1. The zero-order chi connectivity index (χ0) is 9.47. The van der Waals surface area contributed by atoms with Crippen LogP contribution in [0.4, 0.5) is 0 Å². The molecular formula is C12H20O.